The van der Waals surface area contributed by atoms with E-state index < -0.39 is 0 Å². The van der Waals surface area contributed by atoms with Crippen LogP contribution in [0.15, 0.2) is 76.5 Å². The molecular formula is C29H37FN4O. The number of nitrogens with one attached hydrogen (secondary N) is 1. The van der Waals surface area contributed by atoms with Gasteiger partial charge in [0.05, 0.1) is 25.5 Å². The van der Waals surface area contributed by atoms with Gasteiger partial charge < -0.3 is 10.1 Å². The fourth-order valence-corrected chi connectivity index (χ4v) is 3.36. The smallest absolute Gasteiger partial charge is 0.141 e. The Morgan fingerprint density at radius 1 is 1.20 bits per heavy atom. The van der Waals surface area contributed by atoms with Gasteiger partial charge in [0.25, 0.3) is 0 Å². The minimum atomic E-state index is -0.371. The second-order valence-electron chi connectivity index (χ2n) is 8.10. The number of hydrogen-bond donors (Lipinski definition) is 1. The van der Waals surface area contributed by atoms with E-state index in [9.17, 15) is 4.39 Å². The van der Waals surface area contributed by atoms with E-state index in [1.54, 1.807) is 20.2 Å². The lowest BCUT2D eigenvalue weighted by Gasteiger charge is -2.16. The zero-order valence-electron chi connectivity index (χ0n) is 21.7. The number of amidine groups is 1. The lowest BCUT2D eigenvalue weighted by molar-refractivity contribution is 0.411. The molecule has 1 aromatic heterocycles. The predicted octanol–water partition coefficient (Wildman–Crippen LogP) is 6.84. The molecule has 2 rings (SSSR count). The van der Waals surface area contributed by atoms with Crippen molar-refractivity contribution >= 4 is 11.5 Å². The van der Waals surface area contributed by atoms with Gasteiger partial charge in [-0.25, -0.2) is 4.39 Å². The molecular weight excluding hydrogens is 439 g/mol. The van der Waals surface area contributed by atoms with Crippen molar-refractivity contribution in [3.8, 4) is 17.0 Å². The van der Waals surface area contributed by atoms with E-state index in [-0.39, 0.29) is 5.82 Å². The van der Waals surface area contributed by atoms with E-state index in [0.29, 0.717) is 12.2 Å². The van der Waals surface area contributed by atoms with Crippen LogP contribution in [0.3, 0.4) is 0 Å². The molecule has 0 aliphatic carbocycles. The molecule has 0 aliphatic rings. The highest BCUT2D eigenvalue weighted by Gasteiger charge is 2.14. The van der Waals surface area contributed by atoms with E-state index in [1.807, 2.05) is 38.3 Å². The summed E-state index contributed by atoms with van der Waals surface area (Å²) in [5.74, 6) is 1.08. The molecule has 5 nitrogen and oxygen atoms in total. The molecule has 0 radical (unpaired) electrons. The number of hydrogen-bond acceptors (Lipinski definition) is 4. The predicted molar refractivity (Wildman–Crippen MR) is 146 cm³/mol. The quantitative estimate of drug-likeness (QED) is 0.219. The first-order chi connectivity index (χ1) is 16.9. The highest BCUT2D eigenvalue weighted by Crippen LogP contribution is 2.29. The van der Waals surface area contributed by atoms with Crippen LogP contribution in [0.2, 0.25) is 0 Å². The number of methoxy groups -OCH3 is 1. The lowest BCUT2D eigenvalue weighted by atomic mass is 10.00. The van der Waals surface area contributed by atoms with Crippen molar-refractivity contribution in [2.45, 2.75) is 47.0 Å². The molecule has 0 bridgehead atoms. The van der Waals surface area contributed by atoms with E-state index in [1.165, 1.54) is 12.3 Å². The van der Waals surface area contributed by atoms with Crippen LogP contribution in [0, 0.1) is 12.7 Å². The van der Waals surface area contributed by atoms with Crippen molar-refractivity contribution in [2.24, 2.45) is 9.98 Å². The van der Waals surface area contributed by atoms with Crippen molar-refractivity contribution in [3.05, 3.63) is 83.5 Å². The van der Waals surface area contributed by atoms with Crippen LogP contribution in [-0.4, -0.2) is 37.2 Å². The van der Waals surface area contributed by atoms with Crippen LogP contribution < -0.4 is 10.1 Å². The van der Waals surface area contributed by atoms with Crippen LogP contribution >= 0.6 is 0 Å². The standard InChI is InChI=1S/C29H37FN4O/c1-7-9-10-16-32-29(34-19-23(11-8-2)13-12-21(3)31-5)26-17-24(18-28(35-6)22(26)4)27-15-14-25(30)20-33-27/h10-18,20H,7-9,19H2,1-6H3,(H,32,34)/b13-12-,16-10+,23-11-,31-21?. The number of unbranched alkanes of at least 4 members (excludes halogenated alkanes) is 1. The maximum atomic E-state index is 13.5. The van der Waals surface area contributed by atoms with Gasteiger partial charge in [-0.2, -0.15) is 0 Å². The Morgan fingerprint density at radius 3 is 2.63 bits per heavy atom. The zero-order valence-corrected chi connectivity index (χ0v) is 21.7. The number of aliphatic imine (C=N–C) groups is 2. The van der Waals surface area contributed by atoms with Crippen molar-refractivity contribution in [1.82, 2.24) is 10.3 Å². The van der Waals surface area contributed by atoms with Crippen LogP contribution in [0.25, 0.3) is 11.3 Å². The lowest BCUT2D eigenvalue weighted by Crippen LogP contribution is -2.21. The van der Waals surface area contributed by atoms with Gasteiger partial charge >= 0.3 is 0 Å². The molecule has 0 fully saturated rings. The number of nitrogens with zero attached hydrogens (tertiary/aromatic N) is 3. The molecule has 35 heavy (non-hydrogen) atoms. The summed E-state index contributed by atoms with van der Waals surface area (Å²) in [5, 5.41) is 3.38. The molecule has 6 heteroatoms. The molecule has 2 aromatic rings. The topological polar surface area (TPSA) is 58.9 Å². The van der Waals surface area contributed by atoms with Gasteiger partial charge in [0.2, 0.25) is 0 Å². The van der Waals surface area contributed by atoms with Crippen LogP contribution in [0.4, 0.5) is 4.39 Å². The average molecular weight is 477 g/mol. The van der Waals surface area contributed by atoms with E-state index in [2.05, 4.69) is 47.4 Å². The normalized spacial score (nSPS) is 13.2. The van der Waals surface area contributed by atoms with Gasteiger partial charge in [-0.1, -0.05) is 38.5 Å². The first-order valence-electron chi connectivity index (χ1n) is 12.0. The highest BCUT2D eigenvalue weighted by atomic mass is 19.1. The van der Waals surface area contributed by atoms with Crippen molar-refractivity contribution in [3.63, 3.8) is 0 Å². The maximum absolute atomic E-state index is 13.5. The Bertz CT molecular complexity index is 1110. The molecule has 1 aromatic carbocycles. The largest absolute Gasteiger partial charge is 0.496 e. The zero-order chi connectivity index (χ0) is 25.6. The number of ether oxygens (including phenoxy) is 1. The Morgan fingerprint density at radius 2 is 2.00 bits per heavy atom. The number of aromatic nitrogens is 1. The molecule has 0 spiro atoms. The van der Waals surface area contributed by atoms with Crippen molar-refractivity contribution < 1.29 is 9.13 Å². The summed E-state index contributed by atoms with van der Waals surface area (Å²) in [5.41, 5.74) is 5.41. The van der Waals surface area contributed by atoms with Gasteiger partial charge in [-0.15, -0.1) is 0 Å². The maximum Gasteiger partial charge on any atom is 0.141 e. The number of allylic oxidation sites excluding steroid dienone is 3. The second-order valence-corrected chi connectivity index (χ2v) is 8.10. The summed E-state index contributed by atoms with van der Waals surface area (Å²) in [6.45, 7) is 8.74. The molecule has 0 amide bonds. The van der Waals surface area contributed by atoms with Crippen LogP contribution in [0.1, 0.15) is 51.2 Å². The molecule has 186 valence electrons. The fourth-order valence-electron chi connectivity index (χ4n) is 3.36. The molecule has 1 heterocycles. The Kier molecular flexibility index (Phi) is 11.6. The molecule has 0 saturated carbocycles. The van der Waals surface area contributed by atoms with Crippen molar-refractivity contribution in [1.29, 1.82) is 0 Å². The third-order valence-corrected chi connectivity index (χ3v) is 5.43. The average Bonchev–Trinajstić information content (AvgIpc) is 2.87. The highest BCUT2D eigenvalue weighted by molar-refractivity contribution is 6.02. The number of rotatable bonds is 11. The second kappa shape index (κ2) is 14.7. The number of pyridine rings is 1. The molecule has 0 unspecified atom stereocenters. The van der Waals surface area contributed by atoms with E-state index in [0.717, 1.165) is 58.8 Å². The van der Waals surface area contributed by atoms with E-state index >= 15 is 0 Å². The molecule has 0 atom stereocenters. The molecule has 1 N–H and O–H groups in total. The Balaban J connectivity index is 2.56. The summed E-state index contributed by atoms with van der Waals surface area (Å²) in [7, 11) is 3.43. The van der Waals surface area contributed by atoms with Crippen LogP contribution in [0.5, 0.6) is 5.75 Å². The first kappa shape index (κ1) is 27.7. The van der Waals surface area contributed by atoms with Gasteiger partial charge in [-0.05, 0) is 68.8 Å². The summed E-state index contributed by atoms with van der Waals surface area (Å²) in [4.78, 5) is 13.4. The van der Waals surface area contributed by atoms with Crippen LogP contribution in [-0.2, 0) is 0 Å². The Labute approximate surface area is 209 Å². The van der Waals surface area contributed by atoms with Gasteiger partial charge in [0, 0.05) is 29.4 Å². The fraction of sp³-hybridized carbons (Fsp3) is 0.345. The SMILES string of the molecule is CC/C=C(/C=C\C(C)=NC)CN=C(N/C=C/CCC)c1cc(-c2ccc(F)cn2)cc(OC)c1C. The summed E-state index contributed by atoms with van der Waals surface area (Å²) < 4.78 is 19.1. The summed E-state index contributed by atoms with van der Waals surface area (Å²) in [6.07, 6.45) is 14.4. The van der Waals surface area contributed by atoms with Gasteiger partial charge in [0.1, 0.15) is 17.4 Å². The Hall–Kier alpha value is -3.54. The summed E-state index contributed by atoms with van der Waals surface area (Å²) in [6, 6.07) is 7.01. The van der Waals surface area contributed by atoms with Gasteiger partial charge in [0.15, 0.2) is 0 Å². The number of benzene rings is 1. The van der Waals surface area contributed by atoms with Gasteiger partial charge in [-0.3, -0.25) is 15.0 Å². The summed E-state index contributed by atoms with van der Waals surface area (Å²) >= 11 is 0. The van der Waals surface area contributed by atoms with E-state index in [4.69, 9.17) is 9.73 Å². The molecule has 0 saturated heterocycles. The minimum absolute atomic E-state index is 0.371. The molecule has 0 aliphatic heterocycles. The third kappa shape index (κ3) is 8.63. The third-order valence-electron chi connectivity index (χ3n) is 5.43. The van der Waals surface area contributed by atoms with Crippen molar-refractivity contribution in [2.75, 3.05) is 20.7 Å². The first-order valence-corrected chi connectivity index (χ1v) is 12.0. The number of halogens is 1. The monoisotopic (exact) mass is 476 g/mol. The minimum Gasteiger partial charge on any atom is -0.496 e.